The summed E-state index contributed by atoms with van der Waals surface area (Å²) in [4.78, 5) is 30.6. The standard InChI is InChI=1S/C17H19N3O2/c1-19-9-10-20(15(12-19)13-5-3-2-4-6-13)17(22)14-7-8-16(21)18-11-14/h2-8,11,15H,9-10,12H2,1H3,(H,18,21)/t15-/m0/s1. The lowest BCUT2D eigenvalue weighted by atomic mass is 10.0. The van der Waals surface area contributed by atoms with Crippen LogP contribution in [0.2, 0.25) is 0 Å². The van der Waals surface area contributed by atoms with Crippen molar-refractivity contribution in [3.63, 3.8) is 0 Å². The SMILES string of the molecule is CN1CCN(C(=O)c2ccc(=O)[nH]c2)[C@H](c2ccccc2)C1. The van der Waals surface area contributed by atoms with Crippen LogP contribution in [0, 0.1) is 0 Å². The van der Waals surface area contributed by atoms with Crippen LogP contribution < -0.4 is 5.56 Å². The number of carbonyl (C=O) groups is 1. The Kier molecular flexibility index (Phi) is 4.06. The number of amides is 1. The molecule has 1 aromatic heterocycles. The van der Waals surface area contributed by atoms with E-state index in [2.05, 4.69) is 29.1 Å². The third-order valence-electron chi connectivity index (χ3n) is 4.06. The number of nitrogens with zero attached hydrogens (tertiary/aromatic N) is 2. The highest BCUT2D eigenvalue weighted by Gasteiger charge is 2.30. The van der Waals surface area contributed by atoms with Gasteiger partial charge in [-0.3, -0.25) is 9.59 Å². The summed E-state index contributed by atoms with van der Waals surface area (Å²) in [6.45, 7) is 2.32. The largest absolute Gasteiger partial charge is 0.329 e. The lowest BCUT2D eigenvalue weighted by Crippen LogP contribution is -2.49. The summed E-state index contributed by atoms with van der Waals surface area (Å²) in [6, 6.07) is 13.1. The van der Waals surface area contributed by atoms with Gasteiger partial charge in [0.25, 0.3) is 5.91 Å². The molecule has 5 nitrogen and oxygen atoms in total. The van der Waals surface area contributed by atoms with Crippen molar-refractivity contribution in [2.24, 2.45) is 0 Å². The van der Waals surface area contributed by atoms with Crippen LogP contribution in [0.4, 0.5) is 0 Å². The summed E-state index contributed by atoms with van der Waals surface area (Å²) < 4.78 is 0. The lowest BCUT2D eigenvalue weighted by molar-refractivity contribution is 0.0497. The number of nitrogens with one attached hydrogen (secondary N) is 1. The topological polar surface area (TPSA) is 56.4 Å². The molecule has 2 heterocycles. The van der Waals surface area contributed by atoms with Gasteiger partial charge < -0.3 is 14.8 Å². The van der Waals surface area contributed by atoms with E-state index in [9.17, 15) is 9.59 Å². The summed E-state index contributed by atoms with van der Waals surface area (Å²) in [6.07, 6.45) is 1.49. The van der Waals surface area contributed by atoms with E-state index in [1.54, 1.807) is 6.07 Å². The Morgan fingerprint density at radius 3 is 2.59 bits per heavy atom. The Bertz CT molecular complexity index is 691. The molecule has 0 unspecified atom stereocenters. The molecule has 3 rings (SSSR count). The fraction of sp³-hybridized carbons (Fsp3) is 0.294. The Hall–Kier alpha value is -2.40. The number of likely N-dealkylation sites (N-methyl/N-ethyl adjacent to an activating group) is 1. The molecule has 22 heavy (non-hydrogen) atoms. The minimum atomic E-state index is -0.200. The Labute approximate surface area is 129 Å². The molecule has 0 bridgehead atoms. The quantitative estimate of drug-likeness (QED) is 0.914. The number of aromatic amines is 1. The molecule has 1 fully saturated rings. The molecule has 1 aromatic carbocycles. The number of carbonyl (C=O) groups excluding carboxylic acids is 1. The van der Waals surface area contributed by atoms with E-state index in [-0.39, 0.29) is 17.5 Å². The van der Waals surface area contributed by atoms with Gasteiger partial charge in [0, 0.05) is 31.9 Å². The molecule has 0 aliphatic carbocycles. The minimum absolute atomic E-state index is 0.0272. The smallest absolute Gasteiger partial charge is 0.255 e. The van der Waals surface area contributed by atoms with Crippen molar-refractivity contribution in [1.29, 1.82) is 0 Å². The van der Waals surface area contributed by atoms with Crippen molar-refractivity contribution in [3.05, 3.63) is 70.1 Å². The summed E-state index contributed by atoms with van der Waals surface area (Å²) in [7, 11) is 2.07. The second-order valence-corrected chi connectivity index (χ2v) is 5.63. The molecular formula is C17H19N3O2. The van der Waals surface area contributed by atoms with Crippen LogP contribution in [0.3, 0.4) is 0 Å². The van der Waals surface area contributed by atoms with E-state index in [4.69, 9.17) is 0 Å². The number of benzene rings is 1. The van der Waals surface area contributed by atoms with Crippen LogP contribution in [0.15, 0.2) is 53.5 Å². The Morgan fingerprint density at radius 2 is 1.91 bits per heavy atom. The van der Waals surface area contributed by atoms with Gasteiger partial charge in [-0.05, 0) is 18.7 Å². The van der Waals surface area contributed by atoms with Crippen molar-refractivity contribution < 1.29 is 4.79 Å². The maximum Gasteiger partial charge on any atom is 0.255 e. The van der Waals surface area contributed by atoms with E-state index in [1.165, 1.54) is 12.3 Å². The number of rotatable bonds is 2. The predicted molar refractivity (Wildman–Crippen MR) is 84.8 cm³/mol. The third kappa shape index (κ3) is 2.94. The van der Waals surface area contributed by atoms with Crippen molar-refractivity contribution >= 4 is 5.91 Å². The molecule has 0 radical (unpaired) electrons. The maximum atomic E-state index is 12.8. The van der Waals surface area contributed by atoms with Crippen LogP contribution in [0.1, 0.15) is 22.0 Å². The van der Waals surface area contributed by atoms with E-state index in [0.717, 1.165) is 18.7 Å². The molecule has 1 aliphatic rings. The van der Waals surface area contributed by atoms with Crippen molar-refractivity contribution in [2.45, 2.75) is 6.04 Å². The summed E-state index contributed by atoms with van der Waals surface area (Å²) in [5, 5.41) is 0. The molecular weight excluding hydrogens is 278 g/mol. The summed E-state index contributed by atoms with van der Waals surface area (Å²) in [5.74, 6) is -0.0433. The molecule has 1 amide bonds. The summed E-state index contributed by atoms with van der Waals surface area (Å²) in [5.41, 5.74) is 1.45. The second-order valence-electron chi connectivity index (χ2n) is 5.63. The van der Waals surface area contributed by atoms with E-state index < -0.39 is 0 Å². The monoisotopic (exact) mass is 297 g/mol. The molecule has 114 valence electrons. The maximum absolute atomic E-state index is 12.8. The van der Waals surface area contributed by atoms with Crippen LogP contribution >= 0.6 is 0 Å². The Morgan fingerprint density at radius 1 is 1.14 bits per heavy atom. The fourth-order valence-electron chi connectivity index (χ4n) is 2.83. The average Bonchev–Trinajstić information content (AvgIpc) is 2.56. The highest BCUT2D eigenvalue weighted by atomic mass is 16.2. The first-order valence-corrected chi connectivity index (χ1v) is 7.38. The average molecular weight is 297 g/mol. The number of hydrogen-bond acceptors (Lipinski definition) is 3. The minimum Gasteiger partial charge on any atom is -0.329 e. The highest BCUT2D eigenvalue weighted by Crippen LogP contribution is 2.26. The molecule has 0 spiro atoms. The van der Waals surface area contributed by atoms with Gasteiger partial charge in [-0.25, -0.2) is 0 Å². The van der Waals surface area contributed by atoms with Crippen LogP contribution in [0.25, 0.3) is 0 Å². The van der Waals surface area contributed by atoms with Crippen molar-refractivity contribution in [3.8, 4) is 0 Å². The number of aromatic nitrogens is 1. The zero-order chi connectivity index (χ0) is 15.5. The molecule has 1 N–H and O–H groups in total. The van der Waals surface area contributed by atoms with Crippen LogP contribution in [-0.2, 0) is 0 Å². The lowest BCUT2D eigenvalue weighted by Gasteiger charge is -2.40. The van der Waals surface area contributed by atoms with Gasteiger partial charge in [0.05, 0.1) is 11.6 Å². The van der Waals surface area contributed by atoms with Gasteiger partial charge in [-0.15, -0.1) is 0 Å². The highest BCUT2D eigenvalue weighted by molar-refractivity contribution is 5.94. The van der Waals surface area contributed by atoms with Gasteiger partial charge in [0.2, 0.25) is 5.56 Å². The Balaban J connectivity index is 1.90. The van der Waals surface area contributed by atoms with Crippen molar-refractivity contribution in [2.75, 3.05) is 26.7 Å². The van der Waals surface area contributed by atoms with Crippen LogP contribution in [0.5, 0.6) is 0 Å². The zero-order valence-electron chi connectivity index (χ0n) is 12.5. The number of piperazine rings is 1. The molecule has 5 heteroatoms. The number of pyridine rings is 1. The molecule has 1 saturated heterocycles. The predicted octanol–water partition coefficient (Wildman–Crippen LogP) is 1.50. The molecule has 1 atom stereocenters. The van der Waals surface area contributed by atoms with Gasteiger partial charge in [-0.2, -0.15) is 0 Å². The van der Waals surface area contributed by atoms with Gasteiger partial charge in [0.15, 0.2) is 0 Å². The van der Waals surface area contributed by atoms with E-state index in [1.807, 2.05) is 23.1 Å². The molecule has 1 aliphatic heterocycles. The fourth-order valence-corrected chi connectivity index (χ4v) is 2.83. The zero-order valence-corrected chi connectivity index (χ0v) is 12.5. The molecule has 2 aromatic rings. The first-order chi connectivity index (χ1) is 10.6. The van der Waals surface area contributed by atoms with Crippen molar-refractivity contribution in [1.82, 2.24) is 14.8 Å². The normalized spacial score (nSPS) is 19.1. The number of hydrogen-bond donors (Lipinski definition) is 1. The third-order valence-corrected chi connectivity index (χ3v) is 4.06. The van der Waals surface area contributed by atoms with E-state index in [0.29, 0.717) is 12.1 Å². The molecule has 0 saturated carbocycles. The van der Waals surface area contributed by atoms with Crippen LogP contribution in [-0.4, -0.2) is 47.4 Å². The van der Waals surface area contributed by atoms with Gasteiger partial charge in [-0.1, -0.05) is 30.3 Å². The van der Waals surface area contributed by atoms with Gasteiger partial charge in [0.1, 0.15) is 0 Å². The van der Waals surface area contributed by atoms with E-state index >= 15 is 0 Å². The summed E-state index contributed by atoms with van der Waals surface area (Å²) >= 11 is 0. The first-order valence-electron chi connectivity index (χ1n) is 7.38. The van der Waals surface area contributed by atoms with Gasteiger partial charge >= 0.3 is 0 Å². The first kappa shape index (κ1) is 14.5. The second kappa shape index (κ2) is 6.15. The number of H-pyrrole nitrogens is 1.